The maximum atomic E-state index is 12.6. The highest BCUT2D eigenvalue weighted by atomic mass is 35.5. The van der Waals surface area contributed by atoms with Crippen molar-refractivity contribution in [3.05, 3.63) is 51.5 Å². The van der Waals surface area contributed by atoms with Gasteiger partial charge in [0.1, 0.15) is 6.07 Å². The molecule has 170 valence electrons. The first kappa shape index (κ1) is 24.2. The summed E-state index contributed by atoms with van der Waals surface area (Å²) in [7, 11) is 2.97. The van der Waals surface area contributed by atoms with Crippen LogP contribution in [0, 0.1) is 11.3 Å². The highest BCUT2D eigenvalue weighted by molar-refractivity contribution is 6.43. The Morgan fingerprint density at radius 3 is 2.50 bits per heavy atom. The van der Waals surface area contributed by atoms with Crippen LogP contribution >= 0.6 is 23.2 Å². The molecule has 0 spiro atoms. The van der Waals surface area contributed by atoms with Crippen molar-refractivity contribution in [1.29, 1.82) is 5.26 Å². The lowest BCUT2D eigenvalue weighted by Gasteiger charge is -2.36. The number of Topliss-reactive ketones (excluding diaryl/α,β-unsaturated/α-hetero) is 1. The fourth-order valence-electron chi connectivity index (χ4n) is 3.92. The third-order valence-corrected chi connectivity index (χ3v) is 6.50. The molecule has 3 rings (SSSR count). The smallest absolute Gasteiger partial charge is 0.178 e. The number of benzene rings is 2. The molecule has 0 unspecified atom stereocenters. The Morgan fingerprint density at radius 1 is 1.09 bits per heavy atom. The van der Waals surface area contributed by atoms with Crippen LogP contribution in [0.15, 0.2) is 30.3 Å². The van der Waals surface area contributed by atoms with E-state index in [4.69, 9.17) is 32.7 Å². The molecular weight excluding hydrogens is 449 g/mol. The Bertz CT molecular complexity index is 999. The molecule has 0 amide bonds. The summed E-state index contributed by atoms with van der Waals surface area (Å²) >= 11 is 12.5. The van der Waals surface area contributed by atoms with Gasteiger partial charge in [0.15, 0.2) is 17.3 Å². The molecule has 2 aromatic rings. The molecule has 0 radical (unpaired) electrons. The van der Waals surface area contributed by atoms with E-state index in [1.165, 1.54) is 14.2 Å². The number of piperazine rings is 1. The molecule has 8 heteroatoms. The molecule has 1 saturated heterocycles. The Kier molecular flexibility index (Phi) is 8.63. The highest BCUT2D eigenvalue weighted by Gasteiger charge is 2.20. The highest BCUT2D eigenvalue weighted by Crippen LogP contribution is 2.34. The van der Waals surface area contributed by atoms with E-state index < -0.39 is 0 Å². The average Bonchev–Trinajstić information content (AvgIpc) is 2.82. The van der Waals surface area contributed by atoms with E-state index in [9.17, 15) is 10.1 Å². The molecule has 1 fully saturated rings. The monoisotopic (exact) mass is 475 g/mol. The van der Waals surface area contributed by atoms with Gasteiger partial charge in [0.05, 0.1) is 35.5 Å². The number of carbonyl (C=O) groups is 1. The van der Waals surface area contributed by atoms with Crippen LogP contribution in [-0.2, 0) is 0 Å². The standard InChI is InChI=1S/C24H27Cl2N3O3/c1-31-22-15-17(14-18(16-27)24(22)32-2)21(30)8-3-4-9-28-10-12-29(13-11-28)20-7-5-6-19(25)23(20)26/h5-7,14-15H,3-4,8-13H2,1-2H3. The molecule has 2 aromatic carbocycles. The normalized spacial score (nSPS) is 14.2. The van der Waals surface area contributed by atoms with Crippen molar-refractivity contribution in [2.75, 3.05) is 51.8 Å². The molecule has 0 aliphatic carbocycles. The number of ketones is 1. The SMILES string of the molecule is COc1cc(C(=O)CCCCN2CCN(c3cccc(Cl)c3Cl)CC2)cc(C#N)c1OC. The number of carbonyl (C=O) groups excluding carboxylic acids is 1. The van der Waals surface area contributed by atoms with Crippen LogP contribution < -0.4 is 14.4 Å². The summed E-state index contributed by atoms with van der Waals surface area (Å²) in [5.74, 6) is 0.750. The van der Waals surface area contributed by atoms with Gasteiger partial charge in [-0.3, -0.25) is 9.69 Å². The molecule has 6 nitrogen and oxygen atoms in total. The minimum Gasteiger partial charge on any atom is -0.493 e. The quantitative estimate of drug-likeness (QED) is 0.373. The molecule has 1 aliphatic heterocycles. The first-order chi connectivity index (χ1) is 15.5. The van der Waals surface area contributed by atoms with Crippen LogP contribution in [0.4, 0.5) is 5.69 Å². The van der Waals surface area contributed by atoms with Gasteiger partial charge in [-0.05, 0) is 43.7 Å². The van der Waals surface area contributed by atoms with Crippen molar-refractivity contribution >= 4 is 34.7 Å². The van der Waals surface area contributed by atoms with Crippen LogP contribution in [0.5, 0.6) is 11.5 Å². The van der Waals surface area contributed by atoms with Crippen LogP contribution in [0.25, 0.3) is 0 Å². The Labute approximate surface area is 199 Å². The molecule has 32 heavy (non-hydrogen) atoms. The number of halogens is 2. The van der Waals surface area contributed by atoms with E-state index in [2.05, 4.69) is 15.9 Å². The third-order valence-electron chi connectivity index (χ3n) is 5.69. The summed E-state index contributed by atoms with van der Waals surface area (Å²) in [6.07, 6.45) is 2.15. The lowest BCUT2D eigenvalue weighted by Crippen LogP contribution is -2.46. The van der Waals surface area contributed by atoms with Gasteiger partial charge in [0.25, 0.3) is 0 Å². The second-order valence-corrected chi connectivity index (χ2v) is 8.44. The third kappa shape index (κ3) is 5.66. The van der Waals surface area contributed by atoms with Gasteiger partial charge in [-0.15, -0.1) is 0 Å². The average molecular weight is 476 g/mol. The van der Waals surface area contributed by atoms with E-state index in [1.54, 1.807) is 18.2 Å². The zero-order valence-electron chi connectivity index (χ0n) is 18.4. The molecule has 1 heterocycles. The van der Waals surface area contributed by atoms with Gasteiger partial charge in [-0.1, -0.05) is 29.3 Å². The van der Waals surface area contributed by atoms with E-state index in [0.29, 0.717) is 39.1 Å². The minimum absolute atomic E-state index is 0.00266. The number of nitriles is 1. The zero-order valence-corrected chi connectivity index (χ0v) is 19.9. The summed E-state index contributed by atoms with van der Waals surface area (Å²) < 4.78 is 10.5. The number of methoxy groups -OCH3 is 2. The summed E-state index contributed by atoms with van der Waals surface area (Å²) in [6.45, 7) is 4.61. The van der Waals surface area contributed by atoms with Gasteiger partial charge in [0, 0.05) is 38.2 Å². The van der Waals surface area contributed by atoms with E-state index in [1.807, 2.05) is 12.1 Å². The van der Waals surface area contributed by atoms with Crippen molar-refractivity contribution in [1.82, 2.24) is 4.90 Å². The molecule has 0 aromatic heterocycles. The number of hydrogen-bond donors (Lipinski definition) is 0. The lowest BCUT2D eigenvalue weighted by molar-refractivity contribution is 0.0977. The van der Waals surface area contributed by atoms with Crippen molar-refractivity contribution in [3.63, 3.8) is 0 Å². The second kappa shape index (κ2) is 11.4. The van der Waals surface area contributed by atoms with Crippen molar-refractivity contribution in [3.8, 4) is 17.6 Å². The van der Waals surface area contributed by atoms with Crippen molar-refractivity contribution in [2.45, 2.75) is 19.3 Å². The first-order valence-corrected chi connectivity index (χ1v) is 11.3. The molecular formula is C24H27Cl2N3O3. The van der Waals surface area contributed by atoms with E-state index >= 15 is 0 Å². The van der Waals surface area contributed by atoms with Gasteiger partial charge in [-0.25, -0.2) is 0 Å². The van der Waals surface area contributed by atoms with Gasteiger partial charge >= 0.3 is 0 Å². The Morgan fingerprint density at radius 2 is 1.84 bits per heavy atom. The van der Waals surface area contributed by atoms with E-state index in [-0.39, 0.29) is 5.78 Å². The number of hydrogen-bond acceptors (Lipinski definition) is 6. The summed E-state index contributed by atoms with van der Waals surface area (Å²) in [6, 6.07) is 11.0. The van der Waals surface area contributed by atoms with Gasteiger partial charge in [-0.2, -0.15) is 5.26 Å². The Hall–Kier alpha value is -2.46. The maximum absolute atomic E-state index is 12.6. The van der Waals surface area contributed by atoms with Crippen molar-refractivity contribution in [2.24, 2.45) is 0 Å². The first-order valence-electron chi connectivity index (χ1n) is 10.6. The fraction of sp³-hybridized carbons (Fsp3) is 0.417. The summed E-state index contributed by atoms with van der Waals surface area (Å²) in [4.78, 5) is 17.3. The molecule has 0 atom stereocenters. The van der Waals surface area contributed by atoms with Crippen molar-refractivity contribution < 1.29 is 14.3 Å². The Balaban J connectivity index is 1.46. The maximum Gasteiger partial charge on any atom is 0.178 e. The topological polar surface area (TPSA) is 65.8 Å². The summed E-state index contributed by atoms with van der Waals surface area (Å²) in [5.41, 5.74) is 1.76. The number of rotatable bonds is 9. The fourth-order valence-corrected chi connectivity index (χ4v) is 4.34. The minimum atomic E-state index is 0.00266. The van der Waals surface area contributed by atoms with Crippen LogP contribution in [0.1, 0.15) is 35.2 Å². The molecule has 0 saturated carbocycles. The van der Waals surface area contributed by atoms with Gasteiger partial charge < -0.3 is 14.4 Å². The van der Waals surface area contributed by atoms with Gasteiger partial charge in [0.2, 0.25) is 0 Å². The number of unbranched alkanes of at least 4 members (excludes halogenated alkanes) is 1. The number of nitrogens with zero attached hydrogens (tertiary/aromatic N) is 3. The van der Waals surface area contributed by atoms with Crippen LogP contribution in [-0.4, -0.2) is 57.6 Å². The summed E-state index contributed by atoms with van der Waals surface area (Å²) in [5, 5.41) is 10.5. The zero-order chi connectivity index (χ0) is 23.1. The van der Waals surface area contributed by atoms with Crippen LogP contribution in [0.3, 0.4) is 0 Å². The van der Waals surface area contributed by atoms with Crippen LogP contribution in [0.2, 0.25) is 10.0 Å². The molecule has 0 N–H and O–H groups in total. The number of anilines is 1. The largest absolute Gasteiger partial charge is 0.493 e. The molecule has 1 aliphatic rings. The lowest BCUT2D eigenvalue weighted by atomic mass is 10.0. The predicted molar refractivity (Wildman–Crippen MR) is 128 cm³/mol. The predicted octanol–water partition coefficient (Wildman–Crippen LogP) is 5.06. The number of ether oxygens (including phenoxy) is 2. The molecule has 0 bridgehead atoms. The van der Waals surface area contributed by atoms with E-state index in [0.717, 1.165) is 51.3 Å². The second-order valence-electron chi connectivity index (χ2n) is 7.65.